The number of amides is 1. The Morgan fingerprint density at radius 3 is 2.24 bits per heavy atom. The smallest absolute Gasteiger partial charge is 0.316 e. The molecule has 6 nitrogen and oxygen atoms in total. The number of ether oxygens (including phenoxy) is 1. The summed E-state index contributed by atoms with van der Waals surface area (Å²) < 4.78 is 32.3. The maximum Gasteiger partial charge on any atom is 0.316 e. The zero-order valence-corrected chi connectivity index (χ0v) is 22.5. The van der Waals surface area contributed by atoms with Gasteiger partial charge in [-0.25, -0.2) is 18.7 Å². The maximum absolute atomic E-state index is 13.4. The highest BCUT2D eigenvalue weighted by atomic mass is 32.2. The Labute approximate surface area is 228 Å². The van der Waals surface area contributed by atoms with Gasteiger partial charge in [-0.3, -0.25) is 14.9 Å². The van der Waals surface area contributed by atoms with Crippen LogP contribution < -0.4 is 5.32 Å². The Bertz CT molecular complexity index is 1380. The summed E-state index contributed by atoms with van der Waals surface area (Å²) in [4.78, 5) is 35.7. The van der Waals surface area contributed by atoms with E-state index in [1.807, 2.05) is 0 Å². The van der Waals surface area contributed by atoms with Gasteiger partial charge in [-0.15, -0.1) is 11.8 Å². The van der Waals surface area contributed by atoms with E-state index in [4.69, 9.17) is 4.74 Å². The van der Waals surface area contributed by atoms with Crippen LogP contribution in [0.25, 0.3) is 0 Å². The normalized spacial score (nSPS) is 10.8. The van der Waals surface area contributed by atoms with Crippen molar-refractivity contribution in [3.05, 3.63) is 84.2 Å². The van der Waals surface area contributed by atoms with Crippen molar-refractivity contribution >= 4 is 63.6 Å². The molecule has 0 unspecified atom stereocenters. The molecule has 0 spiro atoms. The molecule has 0 aliphatic heterocycles. The van der Waals surface area contributed by atoms with E-state index in [1.54, 1.807) is 49.5 Å². The molecule has 2 heterocycles. The van der Waals surface area contributed by atoms with E-state index in [-0.39, 0.29) is 29.1 Å². The molecule has 0 radical (unpaired) electrons. The van der Waals surface area contributed by atoms with Crippen molar-refractivity contribution in [1.82, 2.24) is 9.97 Å². The number of aromatic nitrogens is 2. The molecule has 0 aliphatic carbocycles. The van der Waals surface area contributed by atoms with Gasteiger partial charge in [0.05, 0.1) is 22.8 Å². The van der Waals surface area contributed by atoms with Gasteiger partial charge in [0.25, 0.3) is 5.91 Å². The highest BCUT2D eigenvalue weighted by molar-refractivity contribution is 8.01. The van der Waals surface area contributed by atoms with Gasteiger partial charge >= 0.3 is 5.97 Å². The molecule has 0 fully saturated rings. The lowest BCUT2D eigenvalue weighted by Crippen LogP contribution is -2.15. The second kappa shape index (κ2) is 13.0. The first-order valence-corrected chi connectivity index (χ1v) is 14.3. The minimum atomic E-state index is -0.470. The molecule has 4 rings (SSSR count). The van der Waals surface area contributed by atoms with Crippen LogP contribution in [-0.2, 0) is 9.53 Å². The molecule has 0 saturated heterocycles. The van der Waals surface area contributed by atoms with E-state index in [0.29, 0.717) is 21.7 Å². The largest absolute Gasteiger partial charge is 0.465 e. The third kappa shape index (κ3) is 8.03. The zero-order chi connectivity index (χ0) is 26.2. The SMILES string of the molecule is CCOC(=O)CSc1cnc(NC(=O)c2nc(Sc3ccc(F)cc3)ccc2Sc2ccc(F)cc2)s1. The van der Waals surface area contributed by atoms with Gasteiger partial charge in [0.15, 0.2) is 5.13 Å². The molecule has 1 N–H and O–H groups in total. The van der Waals surface area contributed by atoms with Crippen LogP contribution in [0.1, 0.15) is 17.4 Å². The molecule has 190 valence electrons. The van der Waals surface area contributed by atoms with Crippen LogP contribution >= 0.6 is 46.6 Å². The summed E-state index contributed by atoms with van der Waals surface area (Å²) in [5.74, 6) is -1.35. The van der Waals surface area contributed by atoms with Crippen molar-refractivity contribution in [2.24, 2.45) is 0 Å². The molecule has 2 aromatic heterocycles. The number of carbonyl (C=O) groups is 2. The Hall–Kier alpha value is -2.93. The molecule has 12 heteroatoms. The summed E-state index contributed by atoms with van der Waals surface area (Å²) in [7, 11) is 0. The Morgan fingerprint density at radius 2 is 1.59 bits per heavy atom. The predicted octanol–water partition coefficient (Wildman–Crippen LogP) is 7.03. The van der Waals surface area contributed by atoms with Crippen molar-refractivity contribution in [2.45, 2.75) is 30.8 Å². The molecule has 4 aromatic rings. The number of halogens is 2. The van der Waals surface area contributed by atoms with Gasteiger partial charge in [0.1, 0.15) is 22.4 Å². The van der Waals surface area contributed by atoms with Crippen LogP contribution in [0.3, 0.4) is 0 Å². The zero-order valence-electron chi connectivity index (χ0n) is 19.3. The monoisotopic (exact) mass is 575 g/mol. The fraction of sp³-hybridized carbons (Fsp3) is 0.120. The molecule has 0 saturated carbocycles. The lowest BCUT2D eigenvalue weighted by atomic mass is 10.3. The quantitative estimate of drug-likeness (QED) is 0.160. The summed E-state index contributed by atoms with van der Waals surface area (Å²) in [5.41, 5.74) is 0.164. The average molecular weight is 576 g/mol. The number of hydrogen-bond donors (Lipinski definition) is 1. The summed E-state index contributed by atoms with van der Waals surface area (Å²) in [5, 5.41) is 3.67. The Morgan fingerprint density at radius 1 is 0.946 bits per heavy atom. The highest BCUT2D eigenvalue weighted by Crippen LogP contribution is 2.34. The summed E-state index contributed by atoms with van der Waals surface area (Å²) in [6, 6.07) is 15.4. The number of benzene rings is 2. The van der Waals surface area contributed by atoms with Crippen LogP contribution in [0.15, 0.2) is 90.8 Å². The minimum absolute atomic E-state index is 0.145. The molecule has 2 aromatic carbocycles. The number of pyridine rings is 1. The van der Waals surface area contributed by atoms with Crippen LogP contribution in [0.2, 0.25) is 0 Å². The third-order valence-electron chi connectivity index (χ3n) is 4.47. The lowest BCUT2D eigenvalue weighted by molar-refractivity contribution is -0.139. The molecule has 0 aliphatic rings. The number of thioether (sulfide) groups is 1. The average Bonchev–Trinajstić information content (AvgIpc) is 3.33. The van der Waals surface area contributed by atoms with E-state index >= 15 is 0 Å². The number of hydrogen-bond acceptors (Lipinski definition) is 9. The number of nitrogens with one attached hydrogen (secondary N) is 1. The standard InChI is InChI=1S/C25H19F2N3O3S4/c1-2-33-21(31)14-34-22-13-28-25(37-22)30-24(32)23-19(35-17-7-3-15(26)4-8-17)11-12-20(29-23)36-18-9-5-16(27)6-10-18/h3-13H,2,14H2,1H3,(H,28,30,32). The van der Waals surface area contributed by atoms with Gasteiger partial charge in [-0.05, 0) is 67.6 Å². The van der Waals surface area contributed by atoms with E-state index in [2.05, 4.69) is 15.3 Å². The topological polar surface area (TPSA) is 81.2 Å². The van der Waals surface area contributed by atoms with E-state index in [1.165, 1.54) is 70.9 Å². The van der Waals surface area contributed by atoms with Gasteiger partial charge < -0.3 is 4.74 Å². The Balaban J connectivity index is 1.54. The molecular formula is C25H19F2N3O3S4. The number of thiazole rings is 1. The van der Waals surface area contributed by atoms with Gasteiger partial charge in [-0.2, -0.15) is 0 Å². The lowest BCUT2D eigenvalue weighted by Gasteiger charge is -2.10. The minimum Gasteiger partial charge on any atom is -0.465 e. The number of carbonyl (C=O) groups excluding carboxylic acids is 2. The summed E-state index contributed by atoms with van der Waals surface area (Å²) in [6.45, 7) is 2.06. The van der Waals surface area contributed by atoms with Crippen LogP contribution in [0, 0.1) is 11.6 Å². The molecule has 0 atom stereocenters. The number of rotatable bonds is 10. The fourth-order valence-corrected chi connectivity index (χ4v) is 6.21. The van der Waals surface area contributed by atoms with Crippen LogP contribution in [0.4, 0.5) is 13.9 Å². The Kier molecular flexibility index (Phi) is 9.56. The first kappa shape index (κ1) is 27.1. The van der Waals surface area contributed by atoms with Gasteiger partial charge in [0, 0.05) is 14.7 Å². The molecular weight excluding hydrogens is 557 g/mol. The number of esters is 1. The highest BCUT2D eigenvalue weighted by Gasteiger charge is 2.18. The first-order chi connectivity index (χ1) is 17.9. The summed E-state index contributed by atoms with van der Waals surface area (Å²) in [6.07, 6.45) is 1.58. The van der Waals surface area contributed by atoms with E-state index in [0.717, 1.165) is 14.0 Å². The van der Waals surface area contributed by atoms with Crippen molar-refractivity contribution < 1.29 is 23.1 Å². The second-order valence-corrected chi connectivity index (χ2v) is 11.7. The second-order valence-electron chi connectivity index (χ2n) is 7.14. The van der Waals surface area contributed by atoms with E-state index < -0.39 is 5.91 Å². The maximum atomic E-state index is 13.4. The number of anilines is 1. The fourth-order valence-electron chi connectivity index (χ4n) is 2.86. The van der Waals surface area contributed by atoms with Crippen LogP contribution in [0.5, 0.6) is 0 Å². The molecule has 1 amide bonds. The van der Waals surface area contributed by atoms with Gasteiger partial charge in [-0.1, -0.05) is 34.9 Å². The third-order valence-corrected chi connectivity index (χ3v) is 8.55. The predicted molar refractivity (Wildman–Crippen MR) is 143 cm³/mol. The van der Waals surface area contributed by atoms with Crippen molar-refractivity contribution in [3.8, 4) is 0 Å². The summed E-state index contributed by atoms with van der Waals surface area (Å²) >= 11 is 5.07. The number of nitrogens with zero attached hydrogens (tertiary/aromatic N) is 2. The van der Waals surface area contributed by atoms with Crippen molar-refractivity contribution in [2.75, 3.05) is 17.7 Å². The van der Waals surface area contributed by atoms with Crippen molar-refractivity contribution in [3.63, 3.8) is 0 Å². The molecule has 0 bridgehead atoms. The molecule has 37 heavy (non-hydrogen) atoms. The first-order valence-electron chi connectivity index (χ1n) is 10.8. The van der Waals surface area contributed by atoms with Gasteiger partial charge in [0.2, 0.25) is 0 Å². The van der Waals surface area contributed by atoms with Crippen molar-refractivity contribution in [1.29, 1.82) is 0 Å². The van der Waals surface area contributed by atoms with E-state index in [9.17, 15) is 18.4 Å². The van der Waals surface area contributed by atoms with Crippen LogP contribution in [-0.4, -0.2) is 34.2 Å².